The number of nitrogens with zero attached hydrogens (tertiary/aromatic N) is 3. The van der Waals surface area contributed by atoms with E-state index in [4.69, 9.17) is 4.42 Å². The smallest absolute Gasteiger partial charge is 0.220 e. The van der Waals surface area contributed by atoms with E-state index in [1.807, 2.05) is 13.0 Å². The van der Waals surface area contributed by atoms with Crippen molar-refractivity contribution in [2.24, 2.45) is 5.92 Å². The molecule has 4 nitrogen and oxygen atoms in total. The van der Waals surface area contributed by atoms with Crippen molar-refractivity contribution in [3.05, 3.63) is 47.5 Å². The van der Waals surface area contributed by atoms with Crippen LogP contribution in [0.4, 0.5) is 5.88 Å². The molecule has 2 aliphatic heterocycles. The monoisotopic (exact) mass is 307 g/mol. The van der Waals surface area contributed by atoms with E-state index in [0.717, 1.165) is 56.1 Å². The number of aryl methyl sites for hydroxylation is 3. The minimum absolute atomic E-state index is 0.323. The summed E-state index contributed by atoms with van der Waals surface area (Å²) in [6.07, 6.45) is 4.85. The summed E-state index contributed by atoms with van der Waals surface area (Å²) in [5.74, 6) is 2.27. The van der Waals surface area contributed by atoms with Crippen molar-refractivity contribution in [1.29, 1.82) is 5.26 Å². The zero-order valence-corrected chi connectivity index (χ0v) is 13.5. The molecule has 0 spiro atoms. The number of hydrogen-bond acceptors (Lipinski definition) is 4. The molecular formula is C19H21N3O. The van der Waals surface area contributed by atoms with Gasteiger partial charge in [0, 0.05) is 13.0 Å². The summed E-state index contributed by atoms with van der Waals surface area (Å²) in [7, 11) is 0. The number of hydrogen-bond donors (Lipinski definition) is 0. The number of anilines is 1. The highest BCUT2D eigenvalue weighted by atomic mass is 16.4. The van der Waals surface area contributed by atoms with Crippen LogP contribution in [0.5, 0.6) is 0 Å². The van der Waals surface area contributed by atoms with Crippen molar-refractivity contribution in [3.8, 4) is 6.07 Å². The van der Waals surface area contributed by atoms with Gasteiger partial charge in [-0.15, -0.1) is 0 Å². The number of nitriles is 1. The fraction of sp³-hybridized carbons (Fsp3) is 0.474. The van der Waals surface area contributed by atoms with Gasteiger partial charge in [-0.3, -0.25) is 0 Å². The van der Waals surface area contributed by atoms with Gasteiger partial charge in [0.2, 0.25) is 5.88 Å². The Bertz CT molecular complexity index is 738. The maximum Gasteiger partial charge on any atom is 0.220 e. The SMILES string of the molecule is Cc1nc(CCCc2ccccc2)oc1N1CC2CC1(C#N)C2. The van der Waals surface area contributed by atoms with Crippen molar-refractivity contribution in [3.63, 3.8) is 0 Å². The molecule has 2 saturated heterocycles. The minimum Gasteiger partial charge on any atom is -0.425 e. The second kappa shape index (κ2) is 5.42. The van der Waals surface area contributed by atoms with E-state index in [1.54, 1.807) is 0 Å². The molecule has 0 amide bonds. The van der Waals surface area contributed by atoms with Crippen LogP contribution in [0.1, 0.15) is 36.4 Å². The lowest BCUT2D eigenvalue weighted by atomic mass is 9.74. The zero-order chi connectivity index (χ0) is 15.9. The number of aromatic nitrogens is 1. The Kier molecular flexibility index (Phi) is 3.37. The van der Waals surface area contributed by atoms with Crippen molar-refractivity contribution in [2.45, 2.75) is 44.6 Å². The minimum atomic E-state index is -0.323. The van der Waals surface area contributed by atoms with Gasteiger partial charge in [0.25, 0.3) is 0 Å². The summed E-state index contributed by atoms with van der Waals surface area (Å²) >= 11 is 0. The molecule has 4 heteroatoms. The molecule has 2 bridgehead atoms. The molecule has 0 atom stereocenters. The predicted octanol–water partition coefficient (Wildman–Crippen LogP) is 3.65. The Hall–Kier alpha value is -2.28. The van der Waals surface area contributed by atoms with Gasteiger partial charge in [-0.1, -0.05) is 30.3 Å². The lowest BCUT2D eigenvalue weighted by Gasteiger charge is -2.35. The molecule has 5 rings (SSSR count). The van der Waals surface area contributed by atoms with E-state index in [-0.39, 0.29) is 5.54 Å². The normalized spacial score (nSPS) is 25.2. The third-order valence-electron chi connectivity index (χ3n) is 5.18. The Balaban J connectivity index is 1.43. The van der Waals surface area contributed by atoms with Crippen LogP contribution < -0.4 is 4.90 Å². The van der Waals surface area contributed by atoms with Gasteiger partial charge >= 0.3 is 0 Å². The van der Waals surface area contributed by atoms with E-state index < -0.39 is 0 Å². The Morgan fingerprint density at radius 1 is 1.30 bits per heavy atom. The highest BCUT2D eigenvalue weighted by molar-refractivity contribution is 5.52. The fourth-order valence-electron chi connectivity index (χ4n) is 4.00. The van der Waals surface area contributed by atoms with Crippen LogP contribution in [0.15, 0.2) is 34.7 Å². The number of oxazole rings is 1. The van der Waals surface area contributed by atoms with Crippen molar-refractivity contribution >= 4 is 5.88 Å². The third-order valence-corrected chi connectivity index (χ3v) is 5.18. The van der Waals surface area contributed by atoms with Crippen LogP contribution in [-0.4, -0.2) is 17.1 Å². The lowest BCUT2D eigenvalue weighted by Crippen LogP contribution is -2.44. The molecule has 23 heavy (non-hydrogen) atoms. The Morgan fingerprint density at radius 3 is 2.83 bits per heavy atom. The lowest BCUT2D eigenvalue weighted by molar-refractivity contribution is 0.304. The van der Waals surface area contributed by atoms with E-state index in [2.05, 4.69) is 40.2 Å². The standard InChI is InChI=1S/C19H21N3O/c1-14-18(22-12-16-10-19(22,11-16)13-20)23-17(21-14)9-5-8-15-6-3-2-4-7-15/h2-4,6-7,16H,5,8-12H2,1H3. The van der Waals surface area contributed by atoms with Crippen molar-refractivity contribution < 1.29 is 4.42 Å². The molecule has 1 aromatic carbocycles. The maximum atomic E-state index is 9.51. The van der Waals surface area contributed by atoms with Gasteiger partial charge in [-0.25, -0.2) is 4.98 Å². The average molecular weight is 307 g/mol. The van der Waals surface area contributed by atoms with Gasteiger partial charge < -0.3 is 9.32 Å². The van der Waals surface area contributed by atoms with Gasteiger partial charge in [0.15, 0.2) is 5.89 Å². The van der Waals surface area contributed by atoms with Crippen molar-refractivity contribution in [2.75, 3.05) is 11.4 Å². The van der Waals surface area contributed by atoms with E-state index in [9.17, 15) is 5.26 Å². The molecule has 118 valence electrons. The molecule has 0 unspecified atom stereocenters. The second-order valence-corrected chi connectivity index (χ2v) is 6.87. The van der Waals surface area contributed by atoms with E-state index >= 15 is 0 Å². The summed E-state index contributed by atoms with van der Waals surface area (Å²) in [4.78, 5) is 6.74. The van der Waals surface area contributed by atoms with Gasteiger partial charge in [0.1, 0.15) is 11.2 Å². The molecule has 1 aliphatic carbocycles. The van der Waals surface area contributed by atoms with Crippen LogP contribution in [-0.2, 0) is 12.8 Å². The first-order valence-corrected chi connectivity index (χ1v) is 8.39. The number of benzene rings is 1. The summed E-state index contributed by atoms with van der Waals surface area (Å²) in [5.41, 5.74) is 1.94. The predicted molar refractivity (Wildman–Crippen MR) is 88.1 cm³/mol. The first kappa shape index (κ1) is 14.3. The second-order valence-electron chi connectivity index (χ2n) is 6.87. The zero-order valence-electron chi connectivity index (χ0n) is 13.5. The van der Waals surface area contributed by atoms with Gasteiger partial charge in [-0.05, 0) is 44.1 Å². The summed E-state index contributed by atoms with van der Waals surface area (Å²) in [5, 5.41) is 9.51. The fourth-order valence-corrected chi connectivity index (χ4v) is 4.00. The Morgan fingerprint density at radius 2 is 2.09 bits per heavy atom. The molecular weight excluding hydrogens is 286 g/mol. The molecule has 2 aromatic rings. The molecule has 0 radical (unpaired) electrons. The van der Waals surface area contributed by atoms with E-state index in [1.165, 1.54) is 5.56 Å². The number of fused-ring (bicyclic) bond motifs is 1. The molecule has 1 aromatic heterocycles. The largest absolute Gasteiger partial charge is 0.425 e. The van der Waals surface area contributed by atoms with Crippen LogP contribution >= 0.6 is 0 Å². The maximum absolute atomic E-state index is 9.51. The third kappa shape index (κ3) is 2.41. The molecule has 3 fully saturated rings. The number of rotatable bonds is 5. The van der Waals surface area contributed by atoms with Crippen molar-refractivity contribution in [1.82, 2.24) is 4.98 Å². The summed E-state index contributed by atoms with van der Waals surface area (Å²) in [6.45, 7) is 2.92. The van der Waals surface area contributed by atoms with Crippen LogP contribution in [0.2, 0.25) is 0 Å². The molecule has 1 saturated carbocycles. The van der Waals surface area contributed by atoms with Gasteiger partial charge in [-0.2, -0.15) is 5.26 Å². The summed E-state index contributed by atoms with van der Waals surface area (Å²) < 4.78 is 6.02. The van der Waals surface area contributed by atoms with Crippen LogP contribution in [0.3, 0.4) is 0 Å². The first-order chi connectivity index (χ1) is 11.2. The quantitative estimate of drug-likeness (QED) is 0.846. The highest BCUT2D eigenvalue weighted by Crippen LogP contribution is 2.52. The highest BCUT2D eigenvalue weighted by Gasteiger charge is 2.58. The average Bonchev–Trinajstić information content (AvgIpc) is 3.18. The molecule has 0 N–H and O–H groups in total. The van der Waals surface area contributed by atoms with Crippen LogP contribution in [0.25, 0.3) is 0 Å². The van der Waals surface area contributed by atoms with E-state index in [0.29, 0.717) is 5.92 Å². The molecule has 3 aliphatic rings. The van der Waals surface area contributed by atoms with Crippen LogP contribution in [0, 0.1) is 24.2 Å². The topological polar surface area (TPSA) is 53.1 Å². The van der Waals surface area contributed by atoms with Gasteiger partial charge in [0.05, 0.1) is 6.07 Å². The Labute approximate surface area is 136 Å². The first-order valence-electron chi connectivity index (χ1n) is 8.39. The summed E-state index contributed by atoms with van der Waals surface area (Å²) in [6, 6.07) is 13.0. The molecule has 3 heterocycles.